The van der Waals surface area contributed by atoms with Crippen molar-refractivity contribution in [1.29, 1.82) is 0 Å². The van der Waals surface area contributed by atoms with E-state index in [4.69, 9.17) is 0 Å². The lowest BCUT2D eigenvalue weighted by Crippen LogP contribution is -2.50. The average Bonchev–Trinajstić information content (AvgIpc) is 2.85. The van der Waals surface area contributed by atoms with E-state index in [0.717, 1.165) is 12.0 Å². The zero-order chi connectivity index (χ0) is 15.0. The van der Waals surface area contributed by atoms with Crippen LogP contribution in [0.5, 0.6) is 0 Å². The molecule has 2 nitrogen and oxygen atoms in total. The first-order chi connectivity index (χ1) is 9.83. The second-order valence-electron chi connectivity index (χ2n) is 7.73. The van der Waals surface area contributed by atoms with Crippen molar-refractivity contribution in [2.45, 2.75) is 45.1 Å². The molecular weight excluding hydrogens is 260 g/mol. The van der Waals surface area contributed by atoms with Crippen molar-refractivity contribution in [3.8, 4) is 0 Å². The minimum atomic E-state index is -0.915. The summed E-state index contributed by atoms with van der Waals surface area (Å²) >= 11 is 0. The molecule has 1 N–H and O–H groups in total. The Kier molecular flexibility index (Phi) is 2.32. The Morgan fingerprint density at radius 3 is 2.52 bits per heavy atom. The van der Waals surface area contributed by atoms with Gasteiger partial charge in [-0.3, -0.25) is 4.79 Å². The molecule has 4 rings (SSSR count). The van der Waals surface area contributed by atoms with Gasteiger partial charge in [-0.15, -0.1) is 0 Å². The molecule has 0 aliphatic heterocycles. The highest BCUT2D eigenvalue weighted by atomic mass is 16.3. The Labute approximate surface area is 125 Å². The molecule has 2 fully saturated rings. The van der Waals surface area contributed by atoms with Crippen molar-refractivity contribution in [1.82, 2.24) is 0 Å². The lowest BCUT2D eigenvalue weighted by molar-refractivity contribution is -0.127. The second kappa shape index (κ2) is 3.67. The van der Waals surface area contributed by atoms with Gasteiger partial charge in [0.1, 0.15) is 5.78 Å². The first-order valence-corrected chi connectivity index (χ1v) is 7.83. The van der Waals surface area contributed by atoms with Gasteiger partial charge in [0.2, 0.25) is 0 Å². The summed E-state index contributed by atoms with van der Waals surface area (Å²) in [5, 5.41) is 11.6. The maximum Gasteiger partial charge on any atom is 0.143 e. The molecule has 0 spiro atoms. The number of hydrogen-bond donors (Lipinski definition) is 1. The summed E-state index contributed by atoms with van der Waals surface area (Å²) in [6.07, 6.45) is 3.59. The zero-order valence-electron chi connectivity index (χ0n) is 12.9. The number of Topliss-reactive ketones (excluding diaryl/α,β-unsaturated/α-hetero) is 1. The van der Waals surface area contributed by atoms with Crippen LogP contribution >= 0.6 is 0 Å². The van der Waals surface area contributed by atoms with Gasteiger partial charge in [-0.1, -0.05) is 55.8 Å². The Morgan fingerprint density at radius 1 is 1.19 bits per heavy atom. The fraction of sp³-hybridized carbons (Fsp3) is 0.526. The Bertz CT molecular complexity index is 661. The third kappa shape index (κ3) is 1.27. The maximum atomic E-state index is 12.6. The van der Waals surface area contributed by atoms with Gasteiger partial charge in [0.25, 0.3) is 0 Å². The van der Waals surface area contributed by atoms with E-state index in [1.54, 1.807) is 0 Å². The molecule has 110 valence electrons. The second-order valence-corrected chi connectivity index (χ2v) is 7.73. The van der Waals surface area contributed by atoms with Crippen molar-refractivity contribution in [3.05, 3.63) is 47.5 Å². The van der Waals surface area contributed by atoms with Crippen LogP contribution in [-0.4, -0.2) is 16.5 Å². The Hall–Kier alpha value is -1.41. The fourth-order valence-electron chi connectivity index (χ4n) is 5.85. The van der Waals surface area contributed by atoms with Crippen molar-refractivity contribution in [3.63, 3.8) is 0 Å². The van der Waals surface area contributed by atoms with Crippen LogP contribution in [0.2, 0.25) is 0 Å². The van der Waals surface area contributed by atoms with Crippen LogP contribution in [0.1, 0.15) is 45.1 Å². The van der Waals surface area contributed by atoms with Gasteiger partial charge in [-0.2, -0.15) is 0 Å². The van der Waals surface area contributed by atoms with Gasteiger partial charge in [0, 0.05) is 17.3 Å². The highest BCUT2D eigenvalue weighted by Crippen LogP contribution is 2.74. The number of hydrogen-bond acceptors (Lipinski definition) is 2. The van der Waals surface area contributed by atoms with Gasteiger partial charge in [-0.05, 0) is 24.8 Å². The van der Waals surface area contributed by atoms with E-state index in [9.17, 15) is 9.90 Å². The van der Waals surface area contributed by atoms with Gasteiger partial charge in [0.15, 0.2) is 0 Å². The average molecular weight is 282 g/mol. The van der Waals surface area contributed by atoms with Crippen LogP contribution in [-0.2, 0) is 4.79 Å². The lowest BCUT2D eigenvalue weighted by atomic mass is 9.66. The third-order valence-electron chi connectivity index (χ3n) is 6.62. The van der Waals surface area contributed by atoms with E-state index in [-0.39, 0.29) is 28.4 Å². The van der Waals surface area contributed by atoms with Crippen LogP contribution in [0.25, 0.3) is 0 Å². The molecule has 2 heteroatoms. The van der Waals surface area contributed by atoms with Crippen LogP contribution in [0.4, 0.5) is 0 Å². The van der Waals surface area contributed by atoms with E-state index >= 15 is 0 Å². The molecule has 0 saturated heterocycles. The minimum Gasteiger partial charge on any atom is -0.387 e. The number of carbonyl (C=O) groups excluding carboxylic acids is 1. The molecular formula is C19H22O2. The summed E-state index contributed by atoms with van der Waals surface area (Å²) in [4.78, 5) is 12.6. The molecule has 0 amide bonds. The van der Waals surface area contributed by atoms with Gasteiger partial charge >= 0.3 is 0 Å². The lowest BCUT2D eigenvalue weighted by Gasteiger charge is -2.42. The Morgan fingerprint density at radius 2 is 1.86 bits per heavy atom. The molecule has 0 radical (unpaired) electrons. The summed E-state index contributed by atoms with van der Waals surface area (Å²) in [6, 6.07) is 10.4. The van der Waals surface area contributed by atoms with Crippen LogP contribution in [0.3, 0.4) is 0 Å². The highest BCUT2D eigenvalue weighted by molar-refractivity contribution is 5.91. The number of rotatable bonds is 1. The highest BCUT2D eigenvalue weighted by Gasteiger charge is 2.77. The molecule has 2 saturated carbocycles. The summed E-state index contributed by atoms with van der Waals surface area (Å²) < 4.78 is 0. The molecule has 21 heavy (non-hydrogen) atoms. The van der Waals surface area contributed by atoms with Crippen molar-refractivity contribution < 1.29 is 9.90 Å². The fourth-order valence-corrected chi connectivity index (χ4v) is 5.85. The van der Waals surface area contributed by atoms with Crippen LogP contribution in [0, 0.1) is 16.7 Å². The normalized spacial score (nSPS) is 47.6. The zero-order valence-corrected chi connectivity index (χ0v) is 12.9. The molecule has 1 aromatic rings. The summed E-state index contributed by atoms with van der Waals surface area (Å²) in [6.45, 7) is 6.27. The number of benzene rings is 1. The summed E-state index contributed by atoms with van der Waals surface area (Å²) in [5.74, 6) is 0.173. The summed E-state index contributed by atoms with van der Waals surface area (Å²) in [7, 11) is 0. The van der Waals surface area contributed by atoms with Gasteiger partial charge in [-0.25, -0.2) is 0 Å². The topological polar surface area (TPSA) is 37.3 Å². The van der Waals surface area contributed by atoms with Crippen LogP contribution in [0.15, 0.2) is 42.0 Å². The third-order valence-corrected chi connectivity index (χ3v) is 6.62. The molecule has 0 bridgehead atoms. The van der Waals surface area contributed by atoms with Crippen molar-refractivity contribution in [2.24, 2.45) is 16.7 Å². The largest absolute Gasteiger partial charge is 0.387 e. The van der Waals surface area contributed by atoms with Crippen LogP contribution < -0.4 is 0 Å². The first kappa shape index (κ1) is 13.3. The molecule has 0 heterocycles. The molecule has 0 aromatic heterocycles. The standard InChI is InChI=1S/C19H22O2/c1-12-9-17(2)10-14(13-7-5-4-6-8-13)18(3)11-15(20)16(12)19(17,18)21/h4-9,14,16,21H,10-11H2,1-3H3/t14-,16-,17+,18-,19-/m0/s1. The number of carbonyl (C=O) groups is 1. The van der Waals surface area contributed by atoms with Crippen molar-refractivity contribution in [2.75, 3.05) is 0 Å². The molecule has 3 aliphatic rings. The maximum absolute atomic E-state index is 12.6. The van der Waals surface area contributed by atoms with E-state index in [2.05, 4.69) is 44.2 Å². The van der Waals surface area contributed by atoms with E-state index in [1.807, 2.05) is 13.0 Å². The Balaban J connectivity index is 1.93. The molecule has 1 aromatic carbocycles. The summed E-state index contributed by atoms with van der Waals surface area (Å²) in [5.41, 5.74) is 0.757. The van der Waals surface area contributed by atoms with E-state index in [0.29, 0.717) is 6.42 Å². The predicted octanol–water partition coefficient (Wildman–Crippen LogP) is 3.47. The quantitative estimate of drug-likeness (QED) is 0.801. The van der Waals surface area contributed by atoms with E-state index in [1.165, 1.54) is 5.56 Å². The predicted molar refractivity (Wildman–Crippen MR) is 81.8 cm³/mol. The van der Waals surface area contributed by atoms with Crippen molar-refractivity contribution >= 4 is 5.78 Å². The van der Waals surface area contributed by atoms with Gasteiger partial charge in [0.05, 0.1) is 11.5 Å². The molecule has 0 unspecified atom stereocenters. The monoisotopic (exact) mass is 282 g/mol. The number of ketones is 1. The van der Waals surface area contributed by atoms with E-state index < -0.39 is 5.60 Å². The first-order valence-electron chi connectivity index (χ1n) is 7.83. The smallest absolute Gasteiger partial charge is 0.143 e. The SMILES string of the molecule is CC1=C[C@]2(C)C[C@@H](c3ccccc3)[C@]3(C)CC(=O)[C@H]1[C@@]32O. The molecule has 5 atom stereocenters. The minimum absolute atomic E-state index is 0.220. The van der Waals surface area contributed by atoms with Gasteiger partial charge < -0.3 is 5.11 Å². The number of aliphatic hydroxyl groups is 1. The molecule has 3 aliphatic carbocycles.